The number of aromatic amines is 1. The number of amides is 1. The van der Waals surface area contributed by atoms with Gasteiger partial charge in [0.2, 0.25) is 0 Å². The number of nitrogens with zero attached hydrogens (tertiary/aromatic N) is 2. The zero-order chi connectivity index (χ0) is 16.1. The highest BCUT2D eigenvalue weighted by Gasteiger charge is 2.23. The molecule has 0 aliphatic heterocycles. The Morgan fingerprint density at radius 2 is 1.74 bits per heavy atom. The number of aromatic nitrogens is 2. The summed E-state index contributed by atoms with van der Waals surface area (Å²) in [6.07, 6.45) is 8.59. The van der Waals surface area contributed by atoms with E-state index in [-0.39, 0.29) is 5.91 Å². The number of nitrogens with one attached hydrogen (secondary N) is 1. The summed E-state index contributed by atoms with van der Waals surface area (Å²) in [5, 5.41) is 7.21. The molecule has 0 atom stereocenters. The lowest BCUT2D eigenvalue weighted by Gasteiger charge is -2.29. The second-order valence-electron chi connectivity index (χ2n) is 6.45. The predicted molar refractivity (Wildman–Crippen MR) is 92.2 cm³/mol. The van der Waals surface area contributed by atoms with Crippen molar-refractivity contribution in [2.24, 2.45) is 0 Å². The highest BCUT2D eigenvalue weighted by molar-refractivity contribution is 5.93. The van der Waals surface area contributed by atoms with E-state index in [0.717, 1.165) is 24.1 Å². The normalized spacial score (nSPS) is 16.6. The zero-order valence-electron chi connectivity index (χ0n) is 13.8. The van der Waals surface area contributed by atoms with Crippen molar-refractivity contribution in [3.05, 3.63) is 42.1 Å². The van der Waals surface area contributed by atoms with Gasteiger partial charge in [0, 0.05) is 18.7 Å². The van der Waals surface area contributed by atoms with Gasteiger partial charge in [0.1, 0.15) is 5.69 Å². The van der Waals surface area contributed by atoms with Gasteiger partial charge in [-0.2, -0.15) is 5.10 Å². The molecular formula is C19H25N3O. The molecular weight excluding hydrogens is 286 g/mol. The van der Waals surface area contributed by atoms with E-state index in [1.807, 2.05) is 48.3 Å². The molecule has 0 bridgehead atoms. The van der Waals surface area contributed by atoms with E-state index in [9.17, 15) is 4.79 Å². The van der Waals surface area contributed by atoms with Gasteiger partial charge in [-0.15, -0.1) is 0 Å². The molecule has 2 aromatic rings. The number of rotatable bonds is 3. The van der Waals surface area contributed by atoms with Crippen molar-refractivity contribution in [3.8, 4) is 11.3 Å². The van der Waals surface area contributed by atoms with E-state index in [4.69, 9.17) is 0 Å². The van der Waals surface area contributed by atoms with E-state index >= 15 is 0 Å². The van der Waals surface area contributed by atoms with Crippen LogP contribution >= 0.6 is 0 Å². The molecule has 4 nitrogen and oxygen atoms in total. The first kappa shape index (κ1) is 15.8. The Kier molecular flexibility index (Phi) is 5.11. The first-order valence-electron chi connectivity index (χ1n) is 8.63. The van der Waals surface area contributed by atoms with Gasteiger partial charge in [0.05, 0.1) is 5.69 Å². The first-order chi connectivity index (χ1) is 11.3. The number of hydrogen-bond acceptors (Lipinski definition) is 2. The van der Waals surface area contributed by atoms with Gasteiger partial charge in [0.25, 0.3) is 5.91 Å². The molecule has 1 aromatic heterocycles. The Bertz CT molecular complexity index is 627. The molecule has 1 aliphatic carbocycles. The van der Waals surface area contributed by atoms with Crippen molar-refractivity contribution < 1.29 is 4.79 Å². The molecule has 4 heteroatoms. The Balaban J connectivity index is 1.71. The van der Waals surface area contributed by atoms with E-state index in [0.29, 0.717) is 11.7 Å². The zero-order valence-corrected chi connectivity index (χ0v) is 13.8. The minimum Gasteiger partial charge on any atom is -0.337 e. The van der Waals surface area contributed by atoms with Gasteiger partial charge < -0.3 is 4.90 Å². The molecule has 0 saturated heterocycles. The van der Waals surface area contributed by atoms with Gasteiger partial charge in [-0.1, -0.05) is 62.4 Å². The number of hydrogen-bond donors (Lipinski definition) is 1. The van der Waals surface area contributed by atoms with Crippen LogP contribution in [0.5, 0.6) is 0 Å². The molecule has 3 rings (SSSR count). The monoisotopic (exact) mass is 311 g/mol. The van der Waals surface area contributed by atoms with Crippen LogP contribution in [-0.2, 0) is 0 Å². The number of carbonyl (C=O) groups excluding carboxylic acids is 1. The number of H-pyrrole nitrogens is 1. The Labute approximate surface area is 137 Å². The first-order valence-corrected chi connectivity index (χ1v) is 8.63. The molecule has 0 spiro atoms. The topological polar surface area (TPSA) is 49.0 Å². The molecule has 1 fully saturated rings. The predicted octanol–water partition coefficient (Wildman–Crippen LogP) is 4.26. The minimum absolute atomic E-state index is 0.0465. The molecule has 1 N–H and O–H groups in total. The van der Waals surface area contributed by atoms with Crippen LogP contribution in [0.4, 0.5) is 0 Å². The summed E-state index contributed by atoms with van der Waals surface area (Å²) in [7, 11) is 1.93. The third-order valence-electron chi connectivity index (χ3n) is 4.82. The fraction of sp³-hybridized carbons (Fsp3) is 0.474. The third-order valence-corrected chi connectivity index (χ3v) is 4.82. The minimum atomic E-state index is 0.0465. The fourth-order valence-electron chi connectivity index (χ4n) is 3.37. The SMILES string of the molecule is CN(C(=O)c1cc(-c2ccccc2)n[nH]1)C1CCCCCCC1. The average molecular weight is 311 g/mol. The molecule has 1 aliphatic rings. The van der Waals surface area contributed by atoms with E-state index in [1.165, 1.54) is 32.1 Å². The van der Waals surface area contributed by atoms with Crippen LogP contribution in [0.1, 0.15) is 55.4 Å². The van der Waals surface area contributed by atoms with Crippen molar-refractivity contribution in [1.82, 2.24) is 15.1 Å². The molecule has 1 amide bonds. The maximum absolute atomic E-state index is 12.7. The van der Waals surface area contributed by atoms with Gasteiger partial charge >= 0.3 is 0 Å². The fourth-order valence-corrected chi connectivity index (χ4v) is 3.37. The van der Waals surface area contributed by atoms with Crippen molar-refractivity contribution in [2.75, 3.05) is 7.05 Å². The Morgan fingerprint density at radius 3 is 2.43 bits per heavy atom. The van der Waals surface area contributed by atoms with Gasteiger partial charge in [-0.3, -0.25) is 9.89 Å². The lowest BCUT2D eigenvalue weighted by atomic mass is 9.95. The summed E-state index contributed by atoms with van der Waals surface area (Å²) in [5.41, 5.74) is 2.42. The van der Waals surface area contributed by atoms with Crippen LogP contribution in [-0.4, -0.2) is 34.1 Å². The number of benzene rings is 1. The standard InChI is InChI=1S/C19H25N3O/c1-22(16-12-8-3-2-4-9-13-16)19(23)18-14-17(20-21-18)15-10-6-5-7-11-15/h5-7,10-11,14,16H,2-4,8-9,12-13H2,1H3,(H,20,21). The van der Waals surface area contributed by atoms with E-state index in [2.05, 4.69) is 10.2 Å². The number of carbonyl (C=O) groups is 1. The molecule has 1 heterocycles. The Hall–Kier alpha value is -2.10. The van der Waals surface area contributed by atoms with Crippen molar-refractivity contribution in [2.45, 2.75) is 51.0 Å². The molecule has 0 unspecified atom stereocenters. The summed E-state index contributed by atoms with van der Waals surface area (Å²) in [6.45, 7) is 0. The van der Waals surface area contributed by atoms with E-state index in [1.54, 1.807) is 0 Å². The van der Waals surface area contributed by atoms with Gasteiger partial charge in [-0.25, -0.2) is 0 Å². The van der Waals surface area contributed by atoms with Gasteiger partial charge in [0.15, 0.2) is 0 Å². The molecule has 122 valence electrons. The average Bonchev–Trinajstić information content (AvgIpc) is 3.04. The Morgan fingerprint density at radius 1 is 1.09 bits per heavy atom. The second-order valence-corrected chi connectivity index (χ2v) is 6.45. The summed E-state index contributed by atoms with van der Waals surface area (Å²) < 4.78 is 0. The van der Waals surface area contributed by atoms with Crippen LogP contribution in [0.2, 0.25) is 0 Å². The largest absolute Gasteiger partial charge is 0.337 e. The van der Waals surface area contributed by atoms with Crippen molar-refractivity contribution in [3.63, 3.8) is 0 Å². The maximum Gasteiger partial charge on any atom is 0.271 e. The molecule has 0 radical (unpaired) electrons. The van der Waals surface area contributed by atoms with E-state index < -0.39 is 0 Å². The highest BCUT2D eigenvalue weighted by Crippen LogP contribution is 2.23. The molecule has 1 aromatic carbocycles. The highest BCUT2D eigenvalue weighted by atomic mass is 16.2. The van der Waals surface area contributed by atoms with Crippen LogP contribution in [0.15, 0.2) is 36.4 Å². The summed E-state index contributed by atoms with van der Waals surface area (Å²) in [5.74, 6) is 0.0465. The lowest BCUT2D eigenvalue weighted by Crippen LogP contribution is -2.37. The summed E-state index contributed by atoms with van der Waals surface area (Å²) in [4.78, 5) is 14.7. The lowest BCUT2D eigenvalue weighted by molar-refractivity contribution is 0.0701. The smallest absolute Gasteiger partial charge is 0.271 e. The van der Waals surface area contributed by atoms with Crippen LogP contribution in [0.25, 0.3) is 11.3 Å². The van der Waals surface area contributed by atoms with Crippen LogP contribution < -0.4 is 0 Å². The van der Waals surface area contributed by atoms with Crippen LogP contribution in [0.3, 0.4) is 0 Å². The summed E-state index contributed by atoms with van der Waals surface area (Å²) >= 11 is 0. The quantitative estimate of drug-likeness (QED) is 0.920. The second kappa shape index (κ2) is 7.44. The molecule has 23 heavy (non-hydrogen) atoms. The molecule has 1 saturated carbocycles. The van der Waals surface area contributed by atoms with Gasteiger partial charge in [-0.05, 0) is 18.9 Å². The van der Waals surface area contributed by atoms with Crippen LogP contribution in [0, 0.1) is 0 Å². The van der Waals surface area contributed by atoms with Crippen molar-refractivity contribution >= 4 is 5.91 Å². The maximum atomic E-state index is 12.7. The van der Waals surface area contributed by atoms with Crippen molar-refractivity contribution in [1.29, 1.82) is 0 Å². The third kappa shape index (κ3) is 3.81. The summed E-state index contributed by atoms with van der Waals surface area (Å²) in [6, 6.07) is 12.2.